The van der Waals surface area contributed by atoms with Crippen molar-refractivity contribution in [1.29, 1.82) is 0 Å². The zero-order valence-electron chi connectivity index (χ0n) is 9.02. The van der Waals surface area contributed by atoms with Crippen molar-refractivity contribution in [2.75, 3.05) is 23.9 Å². The third-order valence-electron chi connectivity index (χ3n) is 2.96. The first-order valence-corrected chi connectivity index (χ1v) is 6.33. The summed E-state index contributed by atoms with van der Waals surface area (Å²) in [6, 6.07) is 2.41. The summed E-state index contributed by atoms with van der Waals surface area (Å²) < 4.78 is 26.6. The quantitative estimate of drug-likeness (QED) is 0.800. The maximum absolute atomic E-state index is 13.4. The molecule has 88 valence electrons. The van der Waals surface area contributed by atoms with Crippen LogP contribution < -0.4 is 11.1 Å². The molecule has 1 fully saturated rings. The molecular formula is C11H14F2N2S. The lowest BCUT2D eigenvalue weighted by Crippen LogP contribution is -2.19. The van der Waals surface area contributed by atoms with Gasteiger partial charge in [-0.2, -0.15) is 11.8 Å². The molecule has 0 unspecified atom stereocenters. The van der Waals surface area contributed by atoms with Crippen LogP contribution in [0.15, 0.2) is 12.1 Å². The highest BCUT2D eigenvalue weighted by Gasteiger charge is 2.41. The Morgan fingerprint density at radius 3 is 2.69 bits per heavy atom. The summed E-state index contributed by atoms with van der Waals surface area (Å²) in [5.74, 6) is -1.76. The Bertz CT molecular complexity index is 405. The molecule has 0 atom stereocenters. The number of thioether (sulfide) groups is 1. The Kier molecular flexibility index (Phi) is 2.97. The van der Waals surface area contributed by atoms with E-state index in [-0.39, 0.29) is 16.1 Å². The fourth-order valence-electron chi connectivity index (χ4n) is 1.59. The molecule has 0 aliphatic heterocycles. The second-order valence-electron chi connectivity index (χ2n) is 4.07. The average molecular weight is 244 g/mol. The highest BCUT2D eigenvalue weighted by molar-refractivity contribution is 8.00. The van der Waals surface area contributed by atoms with Gasteiger partial charge in [-0.15, -0.1) is 0 Å². The van der Waals surface area contributed by atoms with Gasteiger partial charge in [-0.1, -0.05) is 0 Å². The Balaban J connectivity index is 2.12. The summed E-state index contributed by atoms with van der Waals surface area (Å²) in [6.07, 6.45) is 4.25. The molecule has 0 heterocycles. The largest absolute Gasteiger partial charge is 0.397 e. The van der Waals surface area contributed by atoms with Crippen LogP contribution in [0, 0.1) is 11.6 Å². The summed E-state index contributed by atoms with van der Waals surface area (Å²) >= 11 is 1.75. The predicted molar refractivity (Wildman–Crippen MR) is 64.7 cm³/mol. The lowest BCUT2D eigenvalue weighted by atomic mass is 10.2. The van der Waals surface area contributed by atoms with E-state index in [4.69, 9.17) is 5.73 Å². The van der Waals surface area contributed by atoms with E-state index in [2.05, 4.69) is 5.32 Å². The zero-order valence-corrected chi connectivity index (χ0v) is 9.83. The number of nitrogens with two attached hydrogens (primary N) is 1. The smallest absolute Gasteiger partial charge is 0.183 e. The minimum atomic E-state index is -0.892. The fourth-order valence-corrected chi connectivity index (χ4v) is 2.31. The van der Waals surface area contributed by atoms with Crippen LogP contribution in [0.5, 0.6) is 0 Å². The van der Waals surface area contributed by atoms with E-state index >= 15 is 0 Å². The van der Waals surface area contributed by atoms with Crippen LogP contribution in [0.2, 0.25) is 0 Å². The molecule has 5 heteroatoms. The molecule has 1 saturated carbocycles. The molecule has 1 aromatic rings. The summed E-state index contributed by atoms with van der Waals surface area (Å²) in [7, 11) is 0. The second kappa shape index (κ2) is 4.13. The topological polar surface area (TPSA) is 38.0 Å². The molecule has 0 bridgehead atoms. The fraction of sp³-hybridized carbons (Fsp3) is 0.455. The van der Waals surface area contributed by atoms with Crippen molar-refractivity contribution in [1.82, 2.24) is 0 Å². The van der Waals surface area contributed by atoms with E-state index in [1.807, 2.05) is 6.26 Å². The van der Waals surface area contributed by atoms with Crippen LogP contribution in [0.25, 0.3) is 0 Å². The minimum Gasteiger partial charge on any atom is -0.397 e. The molecule has 3 N–H and O–H groups in total. The molecular weight excluding hydrogens is 230 g/mol. The van der Waals surface area contributed by atoms with Gasteiger partial charge in [0.1, 0.15) is 0 Å². The van der Waals surface area contributed by atoms with Crippen molar-refractivity contribution in [3.8, 4) is 0 Å². The third-order valence-corrected chi connectivity index (χ3v) is 4.37. The molecule has 1 aliphatic carbocycles. The summed E-state index contributed by atoms with van der Waals surface area (Å²) in [4.78, 5) is 0. The first-order valence-electron chi connectivity index (χ1n) is 5.10. The van der Waals surface area contributed by atoms with E-state index in [0.717, 1.165) is 18.9 Å². The molecule has 2 nitrogen and oxygen atoms in total. The van der Waals surface area contributed by atoms with Crippen LogP contribution in [0.4, 0.5) is 20.2 Å². The molecule has 1 aliphatic rings. The van der Waals surface area contributed by atoms with Crippen LogP contribution >= 0.6 is 11.8 Å². The van der Waals surface area contributed by atoms with E-state index in [1.54, 1.807) is 11.8 Å². The van der Waals surface area contributed by atoms with Crippen LogP contribution in [0.3, 0.4) is 0 Å². The number of nitrogens with one attached hydrogen (secondary N) is 1. The normalized spacial score (nSPS) is 17.2. The van der Waals surface area contributed by atoms with Crippen LogP contribution in [-0.4, -0.2) is 17.5 Å². The van der Waals surface area contributed by atoms with E-state index in [0.29, 0.717) is 6.54 Å². The summed E-state index contributed by atoms with van der Waals surface area (Å²) in [6.45, 7) is 0.624. The number of hydrogen-bond acceptors (Lipinski definition) is 3. The van der Waals surface area contributed by atoms with Gasteiger partial charge < -0.3 is 11.1 Å². The van der Waals surface area contributed by atoms with Gasteiger partial charge in [0.25, 0.3) is 0 Å². The Morgan fingerprint density at radius 2 is 2.12 bits per heavy atom. The van der Waals surface area contributed by atoms with Gasteiger partial charge in [0, 0.05) is 11.3 Å². The van der Waals surface area contributed by atoms with Crippen LogP contribution in [-0.2, 0) is 0 Å². The number of nitrogen functional groups attached to an aromatic ring is 1. The summed E-state index contributed by atoms with van der Waals surface area (Å²) in [5.41, 5.74) is 5.94. The number of halogens is 2. The van der Waals surface area contributed by atoms with Gasteiger partial charge in [-0.05, 0) is 31.2 Å². The van der Waals surface area contributed by atoms with Crippen molar-refractivity contribution in [2.24, 2.45) is 0 Å². The second-order valence-corrected chi connectivity index (χ2v) is 5.34. The molecule has 1 aromatic carbocycles. The van der Waals surface area contributed by atoms with Gasteiger partial charge in [0.2, 0.25) is 0 Å². The zero-order chi connectivity index (χ0) is 11.8. The maximum atomic E-state index is 13.4. The molecule has 0 amide bonds. The molecule has 0 saturated heterocycles. The highest BCUT2D eigenvalue weighted by Crippen LogP contribution is 2.47. The molecule has 0 spiro atoms. The minimum absolute atomic E-state index is 0.0836. The van der Waals surface area contributed by atoms with E-state index in [9.17, 15) is 8.78 Å². The molecule has 0 aromatic heterocycles. The first kappa shape index (κ1) is 11.5. The third kappa shape index (κ3) is 2.09. The SMILES string of the molecule is CSC1(CNc2c(N)ccc(F)c2F)CC1. The Labute approximate surface area is 97.6 Å². The summed E-state index contributed by atoms with van der Waals surface area (Å²) in [5, 5.41) is 2.91. The van der Waals surface area contributed by atoms with Gasteiger partial charge in [0.05, 0.1) is 11.4 Å². The number of hydrogen-bond donors (Lipinski definition) is 2. The van der Waals surface area contributed by atoms with Gasteiger partial charge in [-0.25, -0.2) is 8.78 Å². The lowest BCUT2D eigenvalue weighted by molar-refractivity contribution is 0.511. The van der Waals surface area contributed by atoms with Crippen molar-refractivity contribution in [3.63, 3.8) is 0 Å². The predicted octanol–water partition coefficient (Wildman–Crippen LogP) is 2.85. The van der Waals surface area contributed by atoms with E-state index in [1.165, 1.54) is 6.07 Å². The van der Waals surface area contributed by atoms with Crippen molar-refractivity contribution in [2.45, 2.75) is 17.6 Å². The molecule has 0 radical (unpaired) electrons. The van der Waals surface area contributed by atoms with Crippen molar-refractivity contribution in [3.05, 3.63) is 23.8 Å². The number of benzene rings is 1. The van der Waals surface area contributed by atoms with Gasteiger partial charge >= 0.3 is 0 Å². The lowest BCUT2D eigenvalue weighted by Gasteiger charge is -2.16. The van der Waals surface area contributed by atoms with Crippen LogP contribution in [0.1, 0.15) is 12.8 Å². The average Bonchev–Trinajstić information content (AvgIpc) is 3.05. The standard InChI is InChI=1S/C11H14F2N2S/c1-16-11(4-5-11)6-15-10-8(14)3-2-7(12)9(10)13/h2-3,15H,4-6,14H2,1H3. The molecule has 16 heavy (non-hydrogen) atoms. The van der Waals surface area contributed by atoms with Gasteiger partial charge in [0.15, 0.2) is 11.6 Å². The monoisotopic (exact) mass is 244 g/mol. The van der Waals surface area contributed by atoms with E-state index < -0.39 is 11.6 Å². The van der Waals surface area contributed by atoms with Gasteiger partial charge in [-0.3, -0.25) is 0 Å². The van der Waals surface area contributed by atoms with Crippen molar-refractivity contribution >= 4 is 23.1 Å². The highest BCUT2D eigenvalue weighted by atomic mass is 32.2. The van der Waals surface area contributed by atoms with Crippen molar-refractivity contribution < 1.29 is 8.78 Å². The first-order chi connectivity index (χ1) is 7.58. The molecule has 2 rings (SSSR count). The Morgan fingerprint density at radius 1 is 1.44 bits per heavy atom. The number of rotatable bonds is 4. The Hall–Kier alpha value is -0.970. The number of anilines is 2. The maximum Gasteiger partial charge on any atom is 0.183 e.